The lowest BCUT2D eigenvalue weighted by Crippen LogP contribution is -2.44. The molecule has 1 amide bonds. The molecule has 0 bridgehead atoms. The number of nitrogens with two attached hydrogens (primary N) is 1. The van der Waals surface area contributed by atoms with E-state index in [0.717, 1.165) is 30.8 Å². The van der Waals surface area contributed by atoms with Crippen LogP contribution in [-0.4, -0.2) is 29.9 Å². The summed E-state index contributed by atoms with van der Waals surface area (Å²) in [7, 11) is 0. The van der Waals surface area contributed by atoms with E-state index in [2.05, 4.69) is 30.3 Å². The number of likely N-dealkylation sites (tertiary alicyclic amines) is 1. The first kappa shape index (κ1) is 15.1. The van der Waals surface area contributed by atoms with Crippen molar-refractivity contribution in [3.63, 3.8) is 0 Å². The molecule has 1 saturated heterocycles. The lowest BCUT2D eigenvalue weighted by atomic mass is 9.92. The van der Waals surface area contributed by atoms with Gasteiger partial charge in [-0.1, -0.05) is 18.2 Å². The highest BCUT2D eigenvalue weighted by atomic mass is 32.1. The Bertz CT molecular complexity index is 864. The van der Waals surface area contributed by atoms with E-state index >= 15 is 0 Å². The molecule has 3 aromatic rings. The number of amides is 1. The molecule has 5 heteroatoms. The molecular weight excluding hydrogens is 324 g/mol. The Morgan fingerprint density at radius 3 is 2.96 bits per heavy atom. The number of carbonyl (C=O) groups is 1. The highest BCUT2D eigenvalue weighted by molar-refractivity contribution is 7.33. The van der Waals surface area contributed by atoms with Crippen LogP contribution in [0, 0.1) is 5.92 Å². The Balaban J connectivity index is 1.64. The number of piperidine rings is 1. The van der Waals surface area contributed by atoms with Gasteiger partial charge in [-0.3, -0.25) is 4.79 Å². The standard InChI is InChI=1S/C18H20N2OS2/c1-11(19)12-5-4-8-20(10-12)18(21)16-9-15-17(23-16)13-6-2-3-7-14(13)22-15/h2-3,6-7,9,11-12H,4-5,8,10,19H2,1H3. The molecule has 23 heavy (non-hydrogen) atoms. The monoisotopic (exact) mass is 344 g/mol. The third-order valence-corrected chi connectivity index (χ3v) is 7.15. The summed E-state index contributed by atoms with van der Waals surface area (Å²) >= 11 is 3.40. The van der Waals surface area contributed by atoms with Crippen molar-refractivity contribution in [2.45, 2.75) is 25.8 Å². The quantitative estimate of drug-likeness (QED) is 0.753. The summed E-state index contributed by atoms with van der Waals surface area (Å²) < 4.78 is 3.76. The van der Waals surface area contributed by atoms with Crippen LogP contribution >= 0.6 is 22.7 Å². The summed E-state index contributed by atoms with van der Waals surface area (Å²) in [5, 5.41) is 1.27. The van der Waals surface area contributed by atoms with Crippen LogP contribution in [0.4, 0.5) is 0 Å². The normalized spacial score (nSPS) is 20.3. The fourth-order valence-corrected chi connectivity index (χ4v) is 5.88. The van der Waals surface area contributed by atoms with Crippen molar-refractivity contribution in [3.8, 4) is 0 Å². The second kappa shape index (κ2) is 5.89. The van der Waals surface area contributed by atoms with Gasteiger partial charge in [-0.2, -0.15) is 0 Å². The van der Waals surface area contributed by atoms with Gasteiger partial charge in [0.05, 0.1) is 9.58 Å². The molecule has 4 rings (SSSR count). The van der Waals surface area contributed by atoms with Crippen molar-refractivity contribution in [2.75, 3.05) is 13.1 Å². The molecule has 2 unspecified atom stereocenters. The van der Waals surface area contributed by atoms with Crippen LogP contribution in [-0.2, 0) is 0 Å². The Morgan fingerprint density at radius 2 is 2.13 bits per heavy atom. The van der Waals surface area contributed by atoms with Crippen molar-refractivity contribution in [2.24, 2.45) is 11.7 Å². The number of hydrogen-bond donors (Lipinski definition) is 1. The second-order valence-corrected chi connectivity index (χ2v) is 8.55. The smallest absolute Gasteiger partial charge is 0.264 e. The largest absolute Gasteiger partial charge is 0.338 e. The lowest BCUT2D eigenvalue weighted by Gasteiger charge is -2.34. The zero-order valence-electron chi connectivity index (χ0n) is 13.1. The highest BCUT2D eigenvalue weighted by Gasteiger charge is 2.27. The topological polar surface area (TPSA) is 46.3 Å². The van der Waals surface area contributed by atoms with Crippen molar-refractivity contribution in [1.82, 2.24) is 4.90 Å². The minimum atomic E-state index is 0.154. The number of hydrogen-bond acceptors (Lipinski definition) is 4. The van der Waals surface area contributed by atoms with Gasteiger partial charge in [-0.05, 0) is 37.8 Å². The van der Waals surface area contributed by atoms with Gasteiger partial charge in [-0.15, -0.1) is 22.7 Å². The number of carbonyl (C=O) groups excluding carboxylic acids is 1. The van der Waals surface area contributed by atoms with E-state index in [0.29, 0.717) is 5.92 Å². The number of nitrogens with zero attached hydrogens (tertiary/aromatic N) is 1. The summed E-state index contributed by atoms with van der Waals surface area (Å²) in [6.07, 6.45) is 2.19. The van der Waals surface area contributed by atoms with Crippen LogP contribution < -0.4 is 5.73 Å². The van der Waals surface area contributed by atoms with Crippen molar-refractivity contribution >= 4 is 48.1 Å². The molecular formula is C18H20N2OS2. The lowest BCUT2D eigenvalue weighted by molar-refractivity contribution is 0.0666. The van der Waals surface area contributed by atoms with Crippen LogP contribution in [0.25, 0.3) is 19.5 Å². The fraction of sp³-hybridized carbons (Fsp3) is 0.389. The third kappa shape index (κ3) is 2.67. The Labute approximate surface area is 143 Å². The second-order valence-electron chi connectivity index (χ2n) is 6.41. The third-order valence-electron chi connectivity index (χ3n) is 4.75. The molecule has 3 heterocycles. The van der Waals surface area contributed by atoms with E-state index in [4.69, 9.17) is 5.73 Å². The van der Waals surface area contributed by atoms with E-state index in [1.54, 1.807) is 22.7 Å². The molecule has 0 spiro atoms. The molecule has 0 saturated carbocycles. The van der Waals surface area contributed by atoms with Gasteiger partial charge in [0, 0.05) is 33.9 Å². The summed E-state index contributed by atoms with van der Waals surface area (Å²) in [6.45, 7) is 3.70. The Hall–Kier alpha value is -1.43. The van der Waals surface area contributed by atoms with E-state index in [9.17, 15) is 4.79 Å². The molecule has 2 atom stereocenters. The van der Waals surface area contributed by atoms with E-state index in [1.165, 1.54) is 19.5 Å². The average molecular weight is 345 g/mol. The van der Waals surface area contributed by atoms with Gasteiger partial charge < -0.3 is 10.6 Å². The number of thiophene rings is 2. The number of fused-ring (bicyclic) bond motifs is 3. The van der Waals surface area contributed by atoms with Gasteiger partial charge in [0.2, 0.25) is 0 Å². The van der Waals surface area contributed by atoms with Crippen molar-refractivity contribution < 1.29 is 4.79 Å². The first-order valence-electron chi connectivity index (χ1n) is 8.09. The van der Waals surface area contributed by atoms with Crippen LogP contribution in [0.1, 0.15) is 29.4 Å². The summed E-state index contributed by atoms with van der Waals surface area (Å²) in [5.41, 5.74) is 6.04. The molecule has 2 N–H and O–H groups in total. The Kier molecular flexibility index (Phi) is 3.87. The molecule has 1 aromatic carbocycles. The molecule has 2 aromatic heterocycles. The minimum Gasteiger partial charge on any atom is -0.338 e. The van der Waals surface area contributed by atoms with Crippen molar-refractivity contribution in [1.29, 1.82) is 0 Å². The molecule has 120 valence electrons. The van der Waals surface area contributed by atoms with Gasteiger partial charge in [0.1, 0.15) is 0 Å². The zero-order valence-corrected chi connectivity index (χ0v) is 14.8. The van der Waals surface area contributed by atoms with Crippen LogP contribution in [0.3, 0.4) is 0 Å². The summed E-state index contributed by atoms with van der Waals surface area (Å²) in [5.74, 6) is 0.599. The molecule has 1 aliphatic heterocycles. The maximum atomic E-state index is 12.9. The predicted octanol–water partition coefficient (Wildman–Crippen LogP) is 4.32. The van der Waals surface area contributed by atoms with Crippen LogP contribution in [0.15, 0.2) is 30.3 Å². The SMILES string of the molecule is CC(N)C1CCCN(C(=O)c2cc3sc4ccccc4c3s2)C1. The van der Waals surface area contributed by atoms with Crippen LogP contribution in [0.5, 0.6) is 0 Å². The Morgan fingerprint density at radius 1 is 1.30 bits per heavy atom. The maximum absolute atomic E-state index is 12.9. The molecule has 1 fully saturated rings. The first-order valence-corrected chi connectivity index (χ1v) is 9.72. The van der Waals surface area contributed by atoms with Gasteiger partial charge >= 0.3 is 0 Å². The van der Waals surface area contributed by atoms with Crippen LogP contribution in [0.2, 0.25) is 0 Å². The number of rotatable bonds is 2. The molecule has 0 aliphatic carbocycles. The van der Waals surface area contributed by atoms with Gasteiger partial charge in [0.15, 0.2) is 0 Å². The van der Waals surface area contributed by atoms with E-state index < -0.39 is 0 Å². The highest BCUT2D eigenvalue weighted by Crippen LogP contribution is 2.39. The van der Waals surface area contributed by atoms with E-state index in [1.807, 2.05) is 11.8 Å². The fourth-order valence-electron chi connectivity index (χ4n) is 3.38. The minimum absolute atomic E-state index is 0.154. The zero-order chi connectivity index (χ0) is 16.0. The average Bonchev–Trinajstić information content (AvgIpc) is 3.12. The van der Waals surface area contributed by atoms with Gasteiger partial charge in [0.25, 0.3) is 5.91 Å². The first-order chi connectivity index (χ1) is 11.1. The molecule has 1 aliphatic rings. The summed E-state index contributed by atoms with van der Waals surface area (Å²) in [6, 6.07) is 10.6. The van der Waals surface area contributed by atoms with Gasteiger partial charge in [-0.25, -0.2) is 0 Å². The molecule has 3 nitrogen and oxygen atoms in total. The maximum Gasteiger partial charge on any atom is 0.264 e. The summed E-state index contributed by atoms with van der Waals surface area (Å²) in [4.78, 5) is 15.7. The van der Waals surface area contributed by atoms with Crippen molar-refractivity contribution in [3.05, 3.63) is 35.2 Å². The molecule has 0 radical (unpaired) electrons. The number of benzene rings is 1. The van der Waals surface area contributed by atoms with E-state index in [-0.39, 0.29) is 11.9 Å². The predicted molar refractivity (Wildman–Crippen MR) is 99.5 cm³/mol.